The lowest BCUT2D eigenvalue weighted by molar-refractivity contribution is -0.126. The van der Waals surface area contributed by atoms with Crippen molar-refractivity contribution in [1.29, 1.82) is 0 Å². The summed E-state index contributed by atoms with van der Waals surface area (Å²) in [6.07, 6.45) is 3.89. The largest absolute Gasteiger partial charge is 0.359 e. The second-order valence-electron chi connectivity index (χ2n) is 3.40. The Morgan fingerprint density at radius 1 is 1.38 bits per heavy atom. The molecule has 88 valence electrons. The van der Waals surface area contributed by atoms with E-state index in [4.69, 9.17) is 0 Å². The fourth-order valence-corrected chi connectivity index (χ4v) is 1.18. The number of aromatic nitrogens is 2. The monoisotopic (exact) mass is 224 g/mol. The van der Waals surface area contributed by atoms with Crippen LogP contribution in [0.1, 0.15) is 18.7 Å². The maximum Gasteiger partial charge on any atom is 0.220 e. The number of rotatable bonds is 5. The SMILES string of the molecule is CNC(=O)CCC(=O)NCc1nccn1C. The summed E-state index contributed by atoms with van der Waals surface area (Å²) >= 11 is 0. The van der Waals surface area contributed by atoms with E-state index in [1.54, 1.807) is 13.2 Å². The van der Waals surface area contributed by atoms with E-state index in [1.165, 1.54) is 0 Å². The van der Waals surface area contributed by atoms with Gasteiger partial charge in [-0.3, -0.25) is 9.59 Å². The van der Waals surface area contributed by atoms with Crippen LogP contribution in [-0.4, -0.2) is 28.4 Å². The molecule has 0 radical (unpaired) electrons. The lowest BCUT2D eigenvalue weighted by Crippen LogP contribution is -2.26. The molecule has 16 heavy (non-hydrogen) atoms. The highest BCUT2D eigenvalue weighted by atomic mass is 16.2. The summed E-state index contributed by atoms with van der Waals surface area (Å²) in [5.74, 6) is 0.507. The van der Waals surface area contributed by atoms with Gasteiger partial charge < -0.3 is 15.2 Å². The Kier molecular flexibility index (Phi) is 4.50. The van der Waals surface area contributed by atoms with Crippen molar-refractivity contribution in [3.8, 4) is 0 Å². The fraction of sp³-hybridized carbons (Fsp3) is 0.500. The Labute approximate surface area is 94.0 Å². The summed E-state index contributed by atoms with van der Waals surface area (Å²) in [5, 5.41) is 5.17. The molecule has 1 aromatic rings. The van der Waals surface area contributed by atoms with E-state index in [0.29, 0.717) is 6.54 Å². The predicted molar refractivity (Wildman–Crippen MR) is 58.4 cm³/mol. The number of aryl methyl sites for hydroxylation is 1. The maximum atomic E-state index is 11.3. The molecule has 1 heterocycles. The first kappa shape index (κ1) is 12.2. The summed E-state index contributed by atoms with van der Waals surface area (Å²) in [6.45, 7) is 0.385. The molecule has 0 aliphatic carbocycles. The van der Waals surface area contributed by atoms with E-state index in [1.807, 2.05) is 17.8 Å². The molecule has 0 saturated carbocycles. The average molecular weight is 224 g/mol. The van der Waals surface area contributed by atoms with Crippen LogP contribution in [0.5, 0.6) is 0 Å². The van der Waals surface area contributed by atoms with Gasteiger partial charge in [0.15, 0.2) is 0 Å². The Balaban J connectivity index is 2.25. The van der Waals surface area contributed by atoms with Crippen LogP contribution < -0.4 is 10.6 Å². The molecule has 0 saturated heterocycles. The second-order valence-corrected chi connectivity index (χ2v) is 3.40. The van der Waals surface area contributed by atoms with Crippen molar-refractivity contribution in [2.75, 3.05) is 7.05 Å². The second kappa shape index (κ2) is 5.89. The zero-order valence-corrected chi connectivity index (χ0v) is 9.49. The summed E-state index contributed by atoms with van der Waals surface area (Å²) in [7, 11) is 3.41. The third-order valence-electron chi connectivity index (χ3n) is 2.22. The quantitative estimate of drug-likeness (QED) is 0.712. The molecular weight excluding hydrogens is 208 g/mol. The highest BCUT2D eigenvalue weighted by Gasteiger charge is 2.06. The number of hydrogen-bond acceptors (Lipinski definition) is 3. The van der Waals surface area contributed by atoms with Crippen molar-refractivity contribution in [3.63, 3.8) is 0 Å². The van der Waals surface area contributed by atoms with Crippen molar-refractivity contribution in [2.24, 2.45) is 7.05 Å². The Hall–Kier alpha value is -1.85. The van der Waals surface area contributed by atoms with Gasteiger partial charge in [-0.05, 0) is 0 Å². The predicted octanol–water partition coefficient (Wildman–Crippen LogP) is -0.437. The van der Waals surface area contributed by atoms with Crippen LogP contribution in [0.3, 0.4) is 0 Å². The molecule has 0 aliphatic rings. The first-order chi connectivity index (χ1) is 7.63. The first-order valence-electron chi connectivity index (χ1n) is 5.07. The van der Waals surface area contributed by atoms with E-state index in [0.717, 1.165) is 5.82 Å². The molecular formula is C10H16N4O2. The van der Waals surface area contributed by atoms with Gasteiger partial charge in [-0.15, -0.1) is 0 Å². The molecule has 6 nitrogen and oxygen atoms in total. The molecule has 0 spiro atoms. The Morgan fingerprint density at radius 2 is 2.06 bits per heavy atom. The van der Waals surface area contributed by atoms with Crippen LogP contribution in [0, 0.1) is 0 Å². The highest BCUT2D eigenvalue weighted by molar-refractivity contribution is 5.83. The molecule has 0 aliphatic heterocycles. The van der Waals surface area contributed by atoms with Gasteiger partial charge in [-0.2, -0.15) is 0 Å². The van der Waals surface area contributed by atoms with E-state index in [2.05, 4.69) is 15.6 Å². The van der Waals surface area contributed by atoms with Crippen LogP contribution in [0.15, 0.2) is 12.4 Å². The minimum atomic E-state index is -0.147. The minimum absolute atomic E-state index is 0.132. The molecule has 1 aromatic heterocycles. The third kappa shape index (κ3) is 3.72. The van der Waals surface area contributed by atoms with E-state index in [9.17, 15) is 9.59 Å². The van der Waals surface area contributed by atoms with Gasteiger partial charge >= 0.3 is 0 Å². The van der Waals surface area contributed by atoms with Crippen LogP contribution >= 0.6 is 0 Å². The number of imidazole rings is 1. The highest BCUT2D eigenvalue weighted by Crippen LogP contribution is 1.94. The average Bonchev–Trinajstić information content (AvgIpc) is 2.69. The number of nitrogens with zero attached hydrogens (tertiary/aromatic N) is 2. The lowest BCUT2D eigenvalue weighted by atomic mass is 10.3. The van der Waals surface area contributed by atoms with Gasteiger partial charge in [0.1, 0.15) is 5.82 Å². The van der Waals surface area contributed by atoms with Crippen molar-refractivity contribution >= 4 is 11.8 Å². The maximum absolute atomic E-state index is 11.3. The van der Waals surface area contributed by atoms with Crippen LogP contribution in [0.2, 0.25) is 0 Å². The van der Waals surface area contributed by atoms with Gasteiger partial charge in [0.05, 0.1) is 6.54 Å². The summed E-state index contributed by atoms with van der Waals surface area (Å²) < 4.78 is 1.83. The summed E-state index contributed by atoms with van der Waals surface area (Å²) in [5.41, 5.74) is 0. The zero-order chi connectivity index (χ0) is 12.0. The van der Waals surface area contributed by atoms with Gasteiger partial charge in [0.25, 0.3) is 0 Å². The molecule has 1 rings (SSSR count). The van der Waals surface area contributed by atoms with Crippen LogP contribution in [0.4, 0.5) is 0 Å². The molecule has 2 amide bonds. The van der Waals surface area contributed by atoms with Gasteiger partial charge in [0.2, 0.25) is 11.8 Å². The topological polar surface area (TPSA) is 76.0 Å². The number of nitrogens with one attached hydrogen (secondary N) is 2. The molecule has 2 N–H and O–H groups in total. The van der Waals surface area contributed by atoms with E-state index in [-0.39, 0.29) is 24.7 Å². The Morgan fingerprint density at radius 3 is 2.62 bits per heavy atom. The van der Waals surface area contributed by atoms with Crippen molar-refractivity contribution in [1.82, 2.24) is 20.2 Å². The first-order valence-corrected chi connectivity index (χ1v) is 5.07. The standard InChI is InChI=1S/C10H16N4O2/c1-11-9(15)3-4-10(16)13-7-8-12-5-6-14(8)2/h5-6H,3-4,7H2,1-2H3,(H,11,15)(H,13,16). The lowest BCUT2D eigenvalue weighted by Gasteiger charge is -2.04. The zero-order valence-electron chi connectivity index (χ0n) is 9.49. The minimum Gasteiger partial charge on any atom is -0.359 e. The summed E-state index contributed by atoms with van der Waals surface area (Å²) in [4.78, 5) is 26.3. The molecule has 0 unspecified atom stereocenters. The normalized spacial score (nSPS) is 9.88. The molecule has 0 atom stereocenters. The number of carbonyl (C=O) groups excluding carboxylic acids is 2. The molecule has 0 fully saturated rings. The van der Waals surface area contributed by atoms with Gasteiger partial charge in [-0.25, -0.2) is 4.98 Å². The van der Waals surface area contributed by atoms with Crippen LogP contribution in [-0.2, 0) is 23.2 Å². The molecule has 0 aromatic carbocycles. The third-order valence-corrected chi connectivity index (χ3v) is 2.22. The molecule has 0 bridgehead atoms. The van der Waals surface area contributed by atoms with E-state index >= 15 is 0 Å². The number of amides is 2. The Bertz CT molecular complexity index is 373. The van der Waals surface area contributed by atoms with Gasteiger partial charge in [-0.1, -0.05) is 0 Å². The smallest absolute Gasteiger partial charge is 0.220 e. The van der Waals surface area contributed by atoms with Crippen molar-refractivity contribution in [3.05, 3.63) is 18.2 Å². The molecule has 6 heteroatoms. The summed E-state index contributed by atoms with van der Waals surface area (Å²) in [6, 6.07) is 0. The van der Waals surface area contributed by atoms with E-state index < -0.39 is 0 Å². The number of carbonyl (C=O) groups is 2. The van der Waals surface area contributed by atoms with Crippen LogP contribution in [0.25, 0.3) is 0 Å². The van der Waals surface area contributed by atoms with Gasteiger partial charge in [0, 0.05) is 39.3 Å². The van der Waals surface area contributed by atoms with Crippen molar-refractivity contribution in [2.45, 2.75) is 19.4 Å². The van der Waals surface area contributed by atoms with Crippen molar-refractivity contribution < 1.29 is 9.59 Å². The fourth-order valence-electron chi connectivity index (χ4n) is 1.18. The number of hydrogen-bond donors (Lipinski definition) is 2.